The first-order valence-corrected chi connectivity index (χ1v) is 8.53. The number of benzene rings is 2. The Hall–Kier alpha value is -1.62. The van der Waals surface area contributed by atoms with Crippen LogP contribution < -0.4 is 4.74 Å². The number of aliphatic hydroxyl groups is 1. The lowest BCUT2D eigenvalue weighted by molar-refractivity contribution is 0.0622. The van der Waals surface area contributed by atoms with Gasteiger partial charge in [-0.25, -0.2) is 4.39 Å². The molecule has 0 saturated heterocycles. The first-order chi connectivity index (χ1) is 11.6. The van der Waals surface area contributed by atoms with Crippen molar-refractivity contribution < 1.29 is 14.2 Å². The van der Waals surface area contributed by atoms with Crippen molar-refractivity contribution in [1.82, 2.24) is 4.90 Å². The molecule has 1 saturated carbocycles. The largest absolute Gasteiger partial charge is 0.491 e. The number of hydrogen-bond donors (Lipinski definition) is 1. The minimum absolute atomic E-state index is 0.197. The summed E-state index contributed by atoms with van der Waals surface area (Å²) in [6.07, 6.45) is 1.56. The summed E-state index contributed by atoms with van der Waals surface area (Å²) in [5.41, 5.74) is 0.662. The first-order valence-electron chi connectivity index (χ1n) is 8.15. The molecule has 0 spiro atoms. The smallest absolute Gasteiger partial charge is 0.127 e. The number of aliphatic hydroxyl groups excluding tert-OH is 1. The third kappa shape index (κ3) is 4.94. The van der Waals surface area contributed by atoms with Crippen LogP contribution in [-0.2, 0) is 6.54 Å². The van der Waals surface area contributed by atoms with Crippen LogP contribution >= 0.6 is 11.6 Å². The average Bonchev–Trinajstić information content (AvgIpc) is 3.41. The number of nitrogens with zero attached hydrogens (tertiary/aromatic N) is 1. The molecule has 5 heteroatoms. The van der Waals surface area contributed by atoms with Crippen molar-refractivity contribution >= 4 is 11.6 Å². The zero-order valence-electron chi connectivity index (χ0n) is 13.4. The van der Waals surface area contributed by atoms with E-state index in [2.05, 4.69) is 4.90 Å². The highest BCUT2D eigenvalue weighted by atomic mass is 35.5. The van der Waals surface area contributed by atoms with E-state index in [1.165, 1.54) is 6.07 Å². The van der Waals surface area contributed by atoms with Crippen LogP contribution in [0.3, 0.4) is 0 Å². The maximum absolute atomic E-state index is 13.8. The SMILES string of the molecule is O[C@H](COc1ccc(Cl)cc1)CN(Cc1ccccc1F)C1CC1. The third-order valence-electron chi connectivity index (χ3n) is 4.10. The molecule has 0 radical (unpaired) electrons. The molecule has 1 atom stereocenters. The first kappa shape index (κ1) is 17.2. The summed E-state index contributed by atoms with van der Waals surface area (Å²) in [6.45, 7) is 1.17. The van der Waals surface area contributed by atoms with Gasteiger partial charge in [0.15, 0.2) is 0 Å². The lowest BCUT2D eigenvalue weighted by atomic mass is 10.2. The molecular weight excluding hydrogens is 329 g/mol. The van der Waals surface area contributed by atoms with Gasteiger partial charge in [0.1, 0.15) is 24.3 Å². The Morgan fingerprint density at radius 1 is 1.17 bits per heavy atom. The third-order valence-corrected chi connectivity index (χ3v) is 4.35. The molecule has 0 unspecified atom stereocenters. The van der Waals surface area contributed by atoms with E-state index in [9.17, 15) is 9.50 Å². The molecule has 3 nitrogen and oxygen atoms in total. The molecule has 1 aliphatic carbocycles. The lowest BCUT2D eigenvalue weighted by Gasteiger charge is -2.25. The summed E-state index contributed by atoms with van der Waals surface area (Å²) in [5, 5.41) is 10.9. The van der Waals surface area contributed by atoms with Crippen LogP contribution in [-0.4, -0.2) is 35.3 Å². The Kier molecular flexibility index (Phi) is 5.72. The van der Waals surface area contributed by atoms with Gasteiger partial charge in [0.25, 0.3) is 0 Å². The fraction of sp³-hybridized carbons (Fsp3) is 0.368. The molecule has 1 fully saturated rings. The van der Waals surface area contributed by atoms with Crippen molar-refractivity contribution in [1.29, 1.82) is 0 Å². The molecule has 0 amide bonds. The van der Waals surface area contributed by atoms with E-state index in [-0.39, 0.29) is 12.4 Å². The fourth-order valence-electron chi connectivity index (χ4n) is 2.67. The summed E-state index contributed by atoms with van der Waals surface area (Å²) in [5.74, 6) is 0.473. The monoisotopic (exact) mass is 349 g/mol. The average molecular weight is 350 g/mol. The standard InChI is InChI=1S/C19H21ClFNO2/c20-15-5-9-18(10-6-15)24-13-17(23)12-22(16-7-8-16)11-14-3-1-2-4-19(14)21/h1-6,9-10,16-17,23H,7-8,11-13H2/t17-/m0/s1. The predicted octanol–water partition coefficient (Wildman–Crippen LogP) is 3.88. The van der Waals surface area contributed by atoms with Crippen LogP contribution in [0.2, 0.25) is 5.02 Å². The van der Waals surface area contributed by atoms with Crippen molar-refractivity contribution in [3.63, 3.8) is 0 Å². The van der Waals surface area contributed by atoms with Gasteiger partial charge in [-0.1, -0.05) is 29.8 Å². The van der Waals surface area contributed by atoms with Crippen molar-refractivity contribution in [2.24, 2.45) is 0 Å². The molecule has 0 heterocycles. The number of halogens is 2. The van der Waals surface area contributed by atoms with Gasteiger partial charge in [-0.3, -0.25) is 4.90 Å². The zero-order valence-corrected chi connectivity index (χ0v) is 14.1. The molecular formula is C19H21ClFNO2. The Labute approximate surface area is 146 Å². The Morgan fingerprint density at radius 2 is 1.88 bits per heavy atom. The van der Waals surface area contributed by atoms with E-state index in [0.29, 0.717) is 35.5 Å². The number of rotatable bonds is 8. The molecule has 2 aromatic rings. The van der Waals surface area contributed by atoms with Gasteiger partial charge in [0, 0.05) is 29.7 Å². The van der Waals surface area contributed by atoms with Crippen molar-refractivity contribution in [3.05, 3.63) is 64.9 Å². The second-order valence-electron chi connectivity index (χ2n) is 6.17. The molecule has 1 N–H and O–H groups in total. The van der Waals surface area contributed by atoms with Crippen LogP contribution in [0, 0.1) is 5.82 Å². The molecule has 2 aromatic carbocycles. The van der Waals surface area contributed by atoms with Crippen molar-refractivity contribution in [3.8, 4) is 5.75 Å². The predicted molar refractivity (Wildman–Crippen MR) is 92.8 cm³/mol. The van der Waals surface area contributed by atoms with Crippen molar-refractivity contribution in [2.75, 3.05) is 13.2 Å². The van der Waals surface area contributed by atoms with E-state index < -0.39 is 6.10 Å². The number of hydrogen-bond acceptors (Lipinski definition) is 3. The van der Waals surface area contributed by atoms with Crippen LogP contribution in [0.5, 0.6) is 5.75 Å². The minimum atomic E-state index is -0.631. The van der Waals surface area contributed by atoms with Gasteiger partial charge >= 0.3 is 0 Å². The van der Waals surface area contributed by atoms with Gasteiger partial charge in [-0.2, -0.15) is 0 Å². The molecule has 1 aliphatic rings. The number of ether oxygens (including phenoxy) is 1. The summed E-state index contributed by atoms with van der Waals surface area (Å²) in [6, 6.07) is 14.3. The Morgan fingerprint density at radius 3 is 2.54 bits per heavy atom. The summed E-state index contributed by atoms with van der Waals surface area (Å²) < 4.78 is 19.4. The normalized spacial score (nSPS) is 15.5. The van der Waals surface area contributed by atoms with Crippen LogP contribution in [0.1, 0.15) is 18.4 Å². The van der Waals surface area contributed by atoms with Gasteiger partial charge < -0.3 is 9.84 Å². The van der Waals surface area contributed by atoms with Crippen molar-refractivity contribution in [2.45, 2.75) is 31.5 Å². The Bertz CT molecular complexity index is 661. The van der Waals surface area contributed by atoms with Gasteiger partial charge in [-0.15, -0.1) is 0 Å². The topological polar surface area (TPSA) is 32.7 Å². The van der Waals surface area contributed by atoms with Gasteiger partial charge in [0.2, 0.25) is 0 Å². The lowest BCUT2D eigenvalue weighted by Crippen LogP contribution is -2.36. The van der Waals surface area contributed by atoms with E-state index >= 15 is 0 Å². The van der Waals surface area contributed by atoms with E-state index in [1.54, 1.807) is 36.4 Å². The quantitative estimate of drug-likeness (QED) is 0.785. The van der Waals surface area contributed by atoms with E-state index in [0.717, 1.165) is 12.8 Å². The molecule has 24 heavy (non-hydrogen) atoms. The molecule has 0 bridgehead atoms. The highest BCUT2D eigenvalue weighted by Gasteiger charge is 2.30. The van der Waals surface area contributed by atoms with E-state index in [4.69, 9.17) is 16.3 Å². The molecule has 0 aliphatic heterocycles. The fourth-order valence-corrected chi connectivity index (χ4v) is 2.80. The Balaban J connectivity index is 1.53. The van der Waals surface area contributed by atoms with E-state index in [1.807, 2.05) is 6.07 Å². The maximum Gasteiger partial charge on any atom is 0.127 e. The van der Waals surface area contributed by atoms with Crippen LogP contribution in [0.4, 0.5) is 4.39 Å². The zero-order chi connectivity index (χ0) is 16.9. The summed E-state index contributed by atoms with van der Waals surface area (Å²) in [7, 11) is 0. The minimum Gasteiger partial charge on any atom is -0.491 e. The molecule has 128 valence electrons. The van der Waals surface area contributed by atoms with Crippen LogP contribution in [0.25, 0.3) is 0 Å². The van der Waals surface area contributed by atoms with Gasteiger partial charge in [-0.05, 0) is 43.2 Å². The molecule has 0 aromatic heterocycles. The van der Waals surface area contributed by atoms with Gasteiger partial charge in [0.05, 0.1) is 0 Å². The highest BCUT2D eigenvalue weighted by molar-refractivity contribution is 6.30. The van der Waals surface area contributed by atoms with Crippen LogP contribution in [0.15, 0.2) is 48.5 Å². The second-order valence-corrected chi connectivity index (χ2v) is 6.61. The summed E-state index contributed by atoms with van der Waals surface area (Å²) in [4.78, 5) is 2.13. The summed E-state index contributed by atoms with van der Waals surface area (Å²) >= 11 is 5.83. The molecule has 3 rings (SSSR count). The maximum atomic E-state index is 13.8. The second kappa shape index (κ2) is 7.97. The highest BCUT2D eigenvalue weighted by Crippen LogP contribution is 2.29.